The van der Waals surface area contributed by atoms with Crippen LogP contribution in [0.4, 0.5) is 0 Å². The molecular formula is C26H30N2O5. The lowest BCUT2D eigenvalue weighted by Crippen LogP contribution is -2.49. The number of ether oxygens (including phenoxy) is 2. The number of amides is 2. The van der Waals surface area contributed by atoms with Crippen molar-refractivity contribution in [2.75, 3.05) is 33.9 Å². The van der Waals surface area contributed by atoms with Crippen LogP contribution in [0.1, 0.15) is 53.2 Å². The Labute approximate surface area is 194 Å². The van der Waals surface area contributed by atoms with Crippen LogP contribution in [0, 0.1) is 5.92 Å². The minimum absolute atomic E-state index is 0.0232. The largest absolute Gasteiger partial charge is 0.497 e. The molecule has 0 N–H and O–H groups in total. The van der Waals surface area contributed by atoms with Crippen molar-refractivity contribution in [1.29, 1.82) is 0 Å². The van der Waals surface area contributed by atoms with Crippen LogP contribution in [0.25, 0.3) is 0 Å². The number of fused-ring (bicyclic) bond motifs is 1. The van der Waals surface area contributed by atoms with Crippen LogP contribution in [-0.2, 0) is 14.3 Å². The highest BCUT2D eigenvalue weighted by Crippen LogP contribution is 2.43. The van der Waals surface area contributed by atoms with Crippen LogP contribution in [0.5, 0.6) is 5.75 Å². The van der Waals surface area contributed by atoms with Gasteiger partial charge in [-0.2, -0.15) is 0 Å². The van der Waals surface area contributed by atoms with E-state index in [1.165, 1.54) is 0 Å². The second-order valence-corrected chi connectivity index (χ2v) is 8.55. The summed E-state index contributed by atoms with van der Waals surface area (Å²) in [7, 11) is 3.36. The number of rotatable bonds is 5. The summed E-state index contributed by atoms with van der Waals surface area (Å²) in [5.74, 6) is -0.297. The van der Waals surface area contributed by atoms with Crippen molar-refractivity contribution < 1.29 is 23.9 Å². The number of methoxy groups -OCH3 is 1. The molecule has 2 aromatic carbocycles. The molecule has 0 aliphatic carbocycles. The molecule has 1 saturated heterocycles. The van der Waals surface area contributed by atoms with E-state index in [0.29, 0.717) is 43.9 Å². The third-order valence-corrected chi connectivity index (χ3v) is 6.73. The van der Waals surface area contributed by atoms with Gasteiger partial charge in [0.1, 0.15) is 5.75 Å². The molecule has 2 atom stereocenters. The highest BCUT2D eigenvalue weighted by Gasteiger charge is 2.44. The molecule has 2 aliphatic heterocycles. The Hall–Kier alpha value is -3.35. The van der Waals surface area contributed by atoms with Crippen molar-refractivity contribution in [3.63, 3.8) is 0 Å². The molecule has 0 radical (unpaired) electrons. The van der Waals surface area contributed by atoms with Gasteiger partial charge in [0, 0.05) is 25.7 Å². The van der Waals surface area contributed by atoms with Crippen LogP contribution in [0.15, 0.2) is 48.5 Å². The van der Waals surface area contributed by atoms with Gasteiger partial charge in [0.25, 0.3) is 5.91 Å². The van der Waals surface area contributed by atoms with Gasteiger partial charge in [0.15, 0.2) is 0 Å². The number of hydrogen-bond acceptors (Lipinski definition) is 5. The molecule has 2 amide bonds. The molecule has 33 heavy (non-hydrogen) atoms. The number of esters is 1. The Kier molecular flexibility index (Phi) is 6.67. The van der Waals surface area contributed by atoms with E-state index in [1.807, 2.05) is 47.4 Å². The van der Waals surface area contributed by atoms with Crippen molar-refractivity contribution in [2.45, 2.75) is 31.7 Å². The van der Waals surface area contributed by atoms with E-state index >= 15 is 0 Å². The Morgan fingerprint density at radius 1 is 1.03 bits per heavy atom. The number of nitrogens with zero attached hydrogens (tertiary/aromatic N) is 2. The van der Waals surface area contributed by atoms with E-state index in [-0.39, 0.29) is 23.7 Å². The second-order valence-electron chi connectivity index (χ2n) is 8.55. The summed E-state index contributed by atoms with van der Waals surface area (Å²) in [6.07, 6.45) is 1.17. The zero-order valence-corrected chi connectivity index (χ0v) is 19.3. The summed E-state index contributed by atoms with van der Waals surface area (Å²) >= 11 is 0. The van der Waals surface area contributed by atoms with E-state index < -0.39 is 12.0 Å². The normalized spacial score (nSPS) is 20.9. The van der Waals surface area contributed by atoms with Gasteiger partial charge >= 0.3 is 5.97 Å². The minimum Gasteiger partial charge on any atom is -0.497 e. The molecule has 0 saturated carbocycles. The fourth-order valence-corrected chi connectivity index (χ4v) is 4.95. The van der Waals surface area contributed by atoms with Crippen LogP contribution < -0.4 is 4.74 Å². The maximum atomic E-state index is 13.9. The average Bonchev–Trinajstić information content (AvgIpc) is 2.86. The summed E-state index contributed by atoms with van der Waals surface area (Å²) < 4.78 is 10.4. The van der Waals surface area contributed by atoms with E-state index in [0.717, 1.165) is 11.1 Å². The predicted octanol–water partition coefficient (Wildman–Crippen LogP) is 3.41. The Bertz CT molecular complexity index is 1030. The highest BCUT2D eigenvalue weighted by atomic mass is 16.5. The first kappa shape index (κ1) is 22.8. The number of benzene rings is 2. The van der Waals surface area contributed by atoms with Crippen molar-refractivity contribution in [1.82, 2.24) is 9.80 Å². The van der Waals surface area contributed by atoms with Crippen molar-refractivity contribution in [3.8, 4) is 5.75 Å². The average molecular weight is 451 g/mol. The molecule has 2 aromatic rings. The molecule has 2 heterocycles. The Balaban J connectivity index is 1.66. The highest BCUT2D eigenvalue weighted by molar-refractivity contribution is 6.01. The van der Waals surface area contributed by atoms with Crippen molar-refractivity contribution in [2.24, 2.45) is 5.92 Å². The monoisotopic (exact) mass is 450 g/mol. The molecule has 2 aliphatic rings. The van der Waals surface area contributed by atoms with Gasteiger partial charge < -0.3 is 19.3 Å². The Morgan fingerprint density at radius 2 is 1.70 bits per heavy atom. The predicted molar refractivity (Wildman–Crippen MR) is 123 cm³/mol. The summed E-state index contributed by atoms with van der Waals surface area (Å²) in [5, 5.41) is 0. The maximum Gasteiger partial charge on any atom is 0.309 e. The summed E-state index contributed by atoms with van der Waals surface area (Å²) in [4.78, 5) is 42.7. The van der Waals surface area contributed by atoms with Gasteiger partial charge in [0.05, 0.1) is 31.6 Å². The lowest BCUT2D eigenvalue weighted by atomic mass is 9.78. The Morgan fingerprint density at radius 3 is 2.33 bits per heavy atom. The first-order chi connectivity index (χ1) is 16.0. The standard InChI is InChI=1S/C26H30N2O5/c1-4-33-26(31)18-13-15-28(16-14-18)25(30)22-20-7-5-6-8-21(20)24(29)27(2)23(22)17-9-11-19(32-3)12-10-17/h5-12,18,22-23H,4,13-16H2,1-3H3/t22-,23-/m1/s1. The first-order valence-corrected chi connectivity index (χ1v) is 11.4. The lowest BCUT2D eigenvalue weighted by Gasteiger charge is -2.42. The van der Waals surface area contributed by atoms with E-state index in [4.69, 9.17) is 9.47 Å². The molecule has 7 heteroatoms. The number of likely N-dealkylation sites (tertiary alicyclic amines) is 1. The van der Waals surface area contributed by atoms with Gasteiger partial charge in [-0.25, -0.2) is 0 Å². The van der Waals surface area contributed by atoms with Crippen molar-refractivity contribution in [3.05, 3.63) is 65.2 Å². The first-order valence-electron chi connectivity index (χ1n) is 11.4. The summed E-state index contributed by atoms with van der Waals surface area (Å²) in [6, 6.07) is 14.4. The zero-order valence-electron chi connectivity index (χ0n) is 19.3. The SMILES string of the molecule is CCOC(=O)C1CCN(C(=O)[C@@H]2c3ccccc3C(=O)N(C)[C@@H]2c2ccc(OC)cc2)CC1. The fourth-order valence-electron chi connectivity index (χ4n) is 4.95. The van der Waals surface area contributed by atoms with Crippen LogP contribution in [0.2, 0.25) is 0 Å². The van der Waals surface area contributed by atoms with E-state index in [9.17, 15) is 14.4 Å². The van der Waals surface area contributed by atoms with Crippen LogP contribution in [0.3, 0.4) is 0 Å². The molecule has 0 unspecified atom stereocenters. The number of carbonyl (C=O) groups excluding carboxylic acids is 3. The summed E-state index contributed by atoms with van der Waals surface area (Å²) in [5.41, 5.74) is 2.18. The third-order valence-electron chi connectivity index (χ3n) is 6.73. The van der Waals surface area contributed by atoms with E-state index in [1.54, 1.807) is 32.0 Å². The van der Waals surface area contributed by atoms with Gasteiger partial charge in [-0.15, -0.1) is 0 Å². The van der Waals surface area contributed by atoms with Crippen LogP contribution in [-0.4, -0.2) is 61.4 Å². The molecular weight excluding hydrogens is 420 g/mol. The second kappa shape index (κ2) is 9.65. The lowest BCUT2D eigenvalue weighted by molar-refractivity contribution is -0.151. The molecule has 7 nitrogen and oxygen atoms in total. The quantitative estimate of drug-likeness (QED) is 0.653. The smallest absolute Gasteiger partial charge is 0.309 e. The summed E-state index contributed by atoms with van der Waals surface area (Å²) in [6.45, 7) is 3.15. The number of likely N-dealkylation sites (N-methyl/N-ethyl adjacent to an activating group) is 1. The molecule has 0 aromatic heterocycles. The molecule has 174 valence electrons. The van der Waals surface area contributed by atoms with Gasteiger partial charge in [0.2, 0.25) is 5.91 Å². The minimum atomic E-state index is -0.531. The van der Waals surface area contributed by atoms with Gasteiger partial charge in [-0.05, 0) is 49.1 Å². The molecule has 0 spiro atoms. The fraction of sp³-hybridized carbons (Fsp3) is 0.423. The van der Waals surface area contributed by atoms with Gasteiger partial charge in [-0.3, -0.25) is 14.4 Å². The van der Waals surface area contributed by atoms with E-state index in [2.05, 4.69) is 0 Å². The molecule has 0 bridgehead atoms. The number of hydrogen-bond donors (Lipinski definition) is 0. The van der Waals surface area contributed by atoms with Gasteiger partial charge in [-0.1, -0.05) is 30.3 Å². The maximum absolute atomic E-state index is 13.9. The zero-order chi connectivity index (χ0) is 23.5. The van der Waals surface area contributed by atoms with Crippen LogP contribution >= 0.6 is 0 Å². The number of piperidine rings is 1. The third kappa shape index (κ3) is 4.32. The molecule has 4 rings (SSSR count). The van der Waals surface area contributed by atoms with Crippen molar-refractivity contribution >= 4 is 17.8 Å². The topological polar surface area (TPSA) is 76.2 Å². The molecule has 1 fully saturated rings. The number of carbonyl (C=O) groups is 3.